The van der Waals surface area contributed by atoms with Crippen LogP contribution in [0.3, 0.4) is 0 Å². The van der Waals surface area contributed by atoms with Crippen LogP contribution >= 0.6 is 31.9 Å². The van der Waals surface area contributed by atoms with Crippen molar-refractivity contribution in [2.75, 3.05) is 11.4 Å². The Bertz CT molecular complexity index is 468. The van der Waals surface area contributed by atoms with E-state index in [9.17, 15) is 0 Å². The van der Waals surface area contributed by atoms with Crippen molar-refractivity contribution in [2.45, 2.75) is 57.2 Å². The summed E-state index contributed by atoms with van der Waals surface area (Å²) in [5.74, 6) is 1.10. The number of rotatable bonds is 4. The lowest BCUT2D eigenvalue weighted by atomic mass is 9.98. The molecule has 2 aliphatic rings. The fraction of sp³-hybridized carbons (Fsp3) is 0.667. The summed E-state index contributed by atoms with van der Waals surface area (Å²) in [5, 5.41) is 3.73. The lowest BCUT2D eigenvalue weighted by Gasteiger charge is -2.39. The second kappa shape index (κ2) is 6.32. The van der Waals surface area contributed by atoms with Crippen molar-refractivity contribution < 1.29 is 0 Å². The molecular weight excluding hydrogens is 382 g/mol. The van der Waals surface area contributed by atoms with E-state index in [1.165, 1.54) is 25.7 Å². The molecule has 1 aromatic heterocycles. The van der Waals surface area contributed by atoms with E-state index in [1.54, 1.807) is 0 Å². The molecule has 0 amide bonds. The highest BCUT2D eigenvalue weighted by Gasteiger charge is 2.36. The smallest absolute Gasteiger partial charge is 0.143 e. The molecule has 0 spiro atoms. The summed E-state index contributed by atoms with van der Waals surface area (Å²) in [5.41, 5.74) is 0. The number of aromatic nitrogens is 1. The summed E-state index contributed by atoms with van der Waals surface area (Å²) < 4.78 is 2.11. The summed E-state index contributed by atoms with van der Waals surface area (Å²) in [6.07, 6.45) is 8.25. The van der Waals surface area contributed by atoms with E-state index < -0.39 is 0 Å². The third-order valence-electron chi connectivity index (χ3n) is 4.41. The van der Waals surface area contributed by atoms with Gasteiger partial charge in [0, 0.05) is 35.3 Å². The van der Waals surface area contributed by atoms with Gasteiger partial charge in [-0.05, 0) is 70.0 Å². The topological polar surface area (TPSA) is 28.2 Å². The Hall–Kier alpha value is -0.130. The van der Waals surface area contributed by atoms with Gasteiger partial charge >= 0.3 is 0 Å². The molecule has 0 aromatic carbocycles. The Balaban J connectivity index is 1.84. The van der Waals surface area contributed by atoms with Gasteiger partial charge in [0.25, 0.3) is 0 Å². The minimum atomic E-state index is 0.624. The Morgan fingerprint density at radius 1 is 1.30 bits per heavy atom. The fourth-order valence-electron chi connectivity index (χ4n) is 3.60. The molecule has 2 atom stereocenters. The molecule has 1 aromatic rings. The van der Waals surface area contributed by atoms with E-state index in [0.29, 0.717) is 18.1 Å². The summed E-state index contributed by atoms with van der Waals surface area (Å²) in [7, 11) is 0. The first-order chi connectivity index (χ1) is 9.67. The molecule has 5 heteroatoms. The van der Waals surface area contributed by atoms with Gasteiger partial charge in [0.2, 0.25) is 0 Å². The zero-order valence-corrected chi connectivity index (χ0v) is 15.0. The van der Waals surface area contributed by atoms with E-state index in [-0.39, 0.29) is 0 Å². The minimum absolute atomic E-state index is 0.624. The highest BCUT2D eigenvalue weighted by Crippen LogP contribution is 2.35. The Labute approximate surface area is 137 Å². The molecule has 20 heavy (non-hydrogen) atoms. The normalized spacial score (nSPS) is 28.6. The van der Waals surface area contributed by atoms with Gasteiger partial charge in [-0.25, -0.2) is 4.98 Å². The predicted molar refractivity (Wildman–Crippen MR) is 90.2 cm³/mol. The van der Waals surface area contributed by atoms with Crippen LogP contribution in [0.25, 0.3) is 0 Å². The van der Waals surface area contributed by atoms with Crippen molar-refractivity contribution in [1.29, 1.82) is 0 Å². The molecular formula is C15H21Br2N3. The van der Waals surface area contributed by atoms with Crippen LogP contribution in [0, 0.1) is 0 Å². The largest absolute Gasteiger partial charge is 0.353 e. The standard InChI is InChI=1S/C15H21Br2N3/c1-2-5-20(15-14(17)6-10(16)9-18-15)13-7-11-3-4-12(8-13)19-11/h6,9,11-13,19H,2-5,7-8H2,1H3. The predicted octanol–water partition coefficient (Wildman–Crippen LogP) is 4.11. The molecule has 0 saturated carbocycles. The molecule has 110 valence electrons. The summed E-state index contributed by atoms with van der Waals surface area (Å²) in [6, 6.07) is 4.15. The van der Waals surface area contributed by atoms with E-state index >= 15 is 0 Å². The van der Waals surface area contributed by atoms with Gasteiger partial charge < -0.3 is 10.2 Å². The molecule has 0 aliphatic carbocycles. The van der Waals surface area contributed by atoms with Gasteiger partial charge in [0.15, 0.2) is 0 Å². The lowest BCUT2D eigenvalue weighted by Crippen LogP contribution is -2.49. The SMILES string of the molecule is CCCN(c1ncc(Br)cc1Br)C1CC2CCC(C1)N2. The molecule has 2 bridgehead atoms. The summed E-state index contributed by atoms with van der Waals surface area (Å²) in [6.45, 7) is 3.33. The number of hydrogen-bond donors (Lipinski definition) is 1. The van der Waals surface area contributed by atoms with Crippen LogP contribution in [0.2, 0.25) is 0 Å². The second-order valence-corrected chi connectivity index (χ2v) is 7.69. The highest BCUT2D eigenvalue weighted by atomic mass is 79.9. The van der Waals surface area contributed by atoms with Gasteiger partial charge in [-0.3, -0.25) is 0 Å². The molecule has 2 saturated heterocycles. The van der Waals surface area contributed by atoms with Crippen molar-refractivity contribution >= 4 is 37.7 Å². The van der Waals surface area contributed by atoms with E-state index in [1.807, 2.05) is 6.20 Å². The van der Waals surface area contributed by atoms with Gasteiger partial charge in [-0.1, -0.05) is 6.92 Å². The zero-order chi connectivity index (χ0) is 14.1. The number of hydrogen-bond acceptors (Lipinski definition) is 3. The molecule has 1 N–H and O–H groups in total. The number of fused-ring (bicyclic) bond motifs is 2. The van der Waals surface area contributed by atoms with Crippen molar-refractivity contribution in [3.63, 3.8) is 0 Å². The average molecular weight is 403 g/mol. The number of nitrogens with zero attached hydrogens (tertiary/aromatic N) is 2. The molecule has 2 fully saturated rings. The van der Waals surface area contributed by atoms with Gasteiger partial charge in [0.1, 0.15) is 5.82 Å². The van der Waals surface area contributed by atoms with E-state index in [2.05, 4.69) is 60.1 Å². The van der Waals surface area contributed by atoms with Crippen LogP contribution in [0.5, 0.6) is 0 Å². The first-order valence-corrected chi connectivity index (χ1v) is 9.09. The summed E-state index contributed by atoms with van der Waals surface area (Å²) >= 11 is 7.17. The van der Waals surface area contributed by atoms with Crippen LogP contribution in [0.4, 0.5) is 5.82 Å². The Morgan fingerprint density at radius 2 is 2.00 bits per heavy atom. The maximum Gasteiger partial charge on any atom is 0.143 e. The minimum Gasteiger partial charge on any atom is -0.353 e. The molecule has 0 radical (unpaired) electrons. The van der Waals surface area contributed by atoms with Crippen LogP contribution in [-0.2, 0) is 0 Å². The lowest BCUT2D eigenvalue weighted by molar-refractivity contribution is 0.345. The molecule has 2 aliphatic heterocycles. The van der Waals surface area contributed by atoms with Gasteiger partial charge in [-0.15, -0.1) is 0 Å². The number of anilines is 1. The molecule has 3 rings (SSSR count). The van der Waals surface area contributed by atoms with Gasteiger partial charge in [-0.2, -0.15) is 0 Å². The van der Waals surface area contributed by atoms with Crippen molar-refractivity contribution in [1.82, 2.24) is 10.3 Å². The molecule has 3 nitrogen and oxygen atoms in total. The second-order valence-electron chi connectivity index (χ2n) is 5.92. The number of halogens is 2. The fourth-order valence-corrected chi connectivity index (χ4v) is 4.82. The van der Waals surface area contributed by atoms with Gasteiger partial charge in [0.05, 0.1) is 4.47 Å². The third-order valence-corrected chi connectivity index (χ3v) is 5.43. The van der Waals surface area contributed by atoms with Crippen molar-refractivity contribution in [3.05, 3.63) is 21.2 Å². The third kappa shape index (κ3) is 3.04. The van der Waals surface area contributed by atoms with Crippen LogP contribution in [0.15, 0.2) is 21.2 Å². The Morgan fingerprint density at radius 3 is 2.60 bits per heavy atom. The van der Waals surface area contributed by atoms with Crippen LogP contribution < -0.4 is 10.2 Å². The van der Waals surface area contributed by atoms with Crippen molar-refractivity contribution in [3.8, 4) is 0 Å². The zero-order valence-electron chi connectivity index (χ0n) is 11.8. The number of piperidine rings is 1. The van der Waals surface area contributed by atoms with Crippen molar-refractivity contribution in [2.24, 2.45) is 0 Å². The van der Waals surface area contributed by atoms with E-state index in [0.717, 1.165) is 27.7 Å². The van der Waals surface area contributed by atoms with Crippen LogP contribution in [-0.4, -0.2) is 29.7 Å². The monoisotopic (exact) mass is 401 g/mol. The Kier molecular flexibility index (Phi) is 4.68. The summed E-state index contributed by atoms with van der Waals surface area (Å²) in [4.78, 5) is 7.17. The number of nitrogens with one attached hydrogen (secondary N) is 1. The number of pyridine rings is 1. The molecule has 2 unspecified atom stereocenters. The highest BCUT2D eigenvalue weighted by molar-refractivity contribution is 9.11. The first-order valence-electron chi connectivity index (χ1n) is 7.51. The average Bonchev–Trinajstić information content (AvgIpc) is 2.76. The quantitative estimate of drug-likeness (QED) is 0.821. The first kappa shape index (κ1) is 14.8. The molecule has 3 heterocycles. The maximum atomic E-state index is 4.65. The maximum absolute atomic E-state index is 4.65. The van der Waals surface area contributed by atoms with Crippen LogP contribution in [0.1, 0.15) is 39.0 Å². The van der Waals surface area contributed by atoms with E-state index in [4.69, 9.17) is 0 Å².